The van der Waals surface area contributed by atoms with Crippen LogP contribution in [-0.2, 0) is 13.4 Å². The van der Waals surface area contributed by atoms with Gasteiger partial charge in [0.05, 0.1) is 0 Å². The molecule has 0 saturated heterocycles. The molecule has 0 unspecified atom stereocenters. The Morgan fingerprint density at radius 1 is 0.909 bits per heavy atom. The molecule has 0 fully saturated rings. The Hall–Kier alpha value is 0.180. The molecule has 0 aromatic rings. The van der Waals surface area contributed by atoms with E-state index in [2.05, 4.69) is 4.31 Å². The van der Waals surface area contributed by atoms with E-state index in [1.807, 2.05) is 0 Å². The first-order valence-electron chi connectivity index (χ1n) is 1.53. The van der Waals surface area contributed by atoms with Crippen LogP contribution in [0.3, 0.4) is 0 Å². The van der Waals surface area contributed by atoms with Gasteiger partial charge in [0.25, 0.3) is 0 Å². The molecule has 0 aromatic heterocycles. The highest BCUT2D eigenvalue weighted by molar-refractivity contribution is 7.60. The van der Waals surface area contributed by atoms with Crippen LogP contribution in [0.2, 0.25) is 0 Å². The topological polar surface area (TPSA) is 194 Å². The van der Waals surface area contributed by atoms with Gasteiger partial charge in [-0.15, -0.1) is 0 Å². The van der Waals surface area contributed by atoms with E-state index in [0.717, 1.165) is 0 Å². The Balaban J connectivity index is -0.0000000533. The van der Waals surface area contributed by atoms with Crippen LogP contribution in [0.1, 0.15) is 2.85 Å². The van der Waals surface area contributed by atoms with Crippen molar-refractivity contribution in [2.45, 2.75) is 0 Å². The zero-order valence-corrected chi connectivity index (χ0v) is 7.11. The number of rotatable bonds is 2. The SMILES string of the molecule is N.N.O=P(O)(O)OP(=O)(O)O.[H+].[H+]. The predicted octanol–water partition coefficient (Wildman–Crippen LogP) is -0.263. The zero-order chi connectivity index (χ0) is 7.71. The average Bonchev–Trinajstić information content (AvgIpc) is 1.14. The van der Waals surface area contributed by atoms with Crippen molar-refractivity contribution in [3.8, 4) is 0 Å². The van der Waals surface area contributed by atoms with Crippen molar-refractivity contribution in [1.29, 1.82) is 0 Å². The lowest BCUT2D eigenvalue weighted by Crippen LogP contribution is -1.84. The summed E-state index contributed by atoms with van der Waals surface area (Å²) >= 11 is 0. The summed E-state index contributed by atoms with van der Waals surface area (Å²) in [4.78, 5) is 31.0. The van der Waals surface area contributed by atoms with Crippen LogP contribution >= 0.6 is 15.6 Å². The molecule has 11 heteroatoms. The highest BCUT2D eigenvalue weighted by Gasteiger charge is 2.27. The monoisotopic (exact) mass is 214 g/mol. The summed E-state index contributed by atoms with van der Waals surface area (Å²) in [6, 6.07) is 0. The smallest absolute Gasteiger partial charge is 0.344 e. The van der Waals surface area contributed by atoms with Crippen molar-refractivity contribution in [2.24, 2.45) is 0 Å². The second kappa shape index (κ2) is 4.94. The molecular formula is H12N2O7P2+2. The molecule has 0 spiro atoms. The first-order chi connectivity index (χ1) is 3.71. The molecule has 0 radical (unpaired) electrons. The maximum absolute atomic E-state index is 9.63. The quantitative estimate of drug-likeness (QED) is 0.335. The second-order valence-electron chi connectivity index (χ2n) is 1.06. The summed E-state index contributed by atoms with van der Waals surface area (Å²) in [6.07, 6.45) is 0. The van der Waals surface area contributed by atoms with Gasteiger partial charge in [-0.05, 0) is 0 Å². The van der Waals surface area contributed by atoms with Gasteiger partial charge in [0.1, 0.15) is 0 Å². The molecule has 0 atom stereocenters. The van der Waals surface area contributed by atoms with Crippen LogP contribution in [0, 0.1) is 0 Å². The van der Waals surface area contributed by atoms with Gasteiger partial charge in [0, 0.05) is 0 Å². The van der Waals surface area contributed by atoms with E-state index in [1.165, 1.54) is 0 Å². The first-order valence-corrected chi connectivity index (χ1v) is 4.59. The van der Waals surface area contributed by atoms with E-state index in [1.54, 1.807) is 0 Å². The summed E-state index contributed by atoms with van der Waals surface area (Å²) in [7, 11) is -10.1. The molecule has 0 bridgehead atoms. The van der Waals surface area contributed by atoms with Gasteiger partial charge >= 0.3 is 18.5 Å². The highest BCUT2D eigenvalue weighted by atomic mass is 31.3. The lowest BCUT2D eigenvalue weighted by atomic mass is 14.0. The molecule has 0 aliphatic heterocycles. The predicted molar refractivity (Wildman–Crippen MR) is 37.4 cm³/mol. The Morgan fingerprint density at radius 3 is 1.09 bits per heavy atom. The van der Waals surface area contributed by atoms with Crippen molar-refractivity contribution in [2.75, 3.05) is 0 Å². The molecule has 0 aromatic carbocycles. The first kappa shape index (κ1) is 17.3. The minimum absolute atomic E-state index is 0. The van der Waals surface area contributed by atoms with Gasteiger partial charge in [-0.3, -0.25) is 0 Å². The summed E-state index contributed by atoms with van der Waals surface area (Å²) in [6.45, 7) is 0. The third kappa shape index (κ3) is 17.8. The third-order valence-electron chi connectivity index (χ3n) is 0.213. The maximum Gasteiger partial charge on any atom is 1.00 e. The van der Waals surface area contributed by atoms with E-state index in [9.17, 15) is 9.13 Å². The van der Waals surface area contributed by atoms with E-state index in [0.29, 0.717) is 0 Å². The fourth-order valence-electron chi connectivity index (χ4n) is 0.139. The fraction of sp³-hybridized carbons (Fsp3) is 0. The summed E-state index contributed by atoms with van der Waals surface area (Å²) in [5, 5.41) is 0. The molecule has 0 heterocycles. The van der Waals surface area contributed by atoms with E-state index in [-0.39, 0.29) is 15.2 Å². The lowest BCUT2D eigenvalue weighted by Gasteiger charge is -2.03. The number of hydrogen-bond acceptors (Lipinski definition) is 5. The van der Waals surface area contributed by atoms with Gasteiger partial charge in [-0.25, -0.2) is 9.13 Å². The van der Waals surface area contributed by atoms with Crippen molar-refractivity contribution in [3.05, 3.63) is 0 Å². The molecule has 9 nitrogen and oxygen atoms in total. The van der Waals surface area contributed by atoms with Gasteiger partial charge in [-0.1, -0.05) is 0 Å². The Morgan fingerprint density at radius 2 is 1.09 bits per heavy atom. The van der Waals surface area contributed by atoms with Crippen molar-refractivity contribution < 1.29 is 35.9 Å². The minimum Gasteiger partial charge on any atom is -0.344 e. The van der Waals surface area contributed by atoms with E-state index < -0.39 is 15.6 Å². The van der Waals surface area contributed by atoms with Gasteiger partial charge < -0.3 is 31.9 Å². The maximum atomic E-state index is 9.63. The molecule has 0 rings (SSSR count). The molecule has 72 valence electrons. The minimum atomic E-state index is -5.05. The zero-order valence-electron chi connectivity index (χ0n) is 7.32. The average molecular weight is 214 g/mol. The van der Waals surface area contributed by atoms with Gasteiger partial charge in [-0.2, -0.15) is 4.31 Å². The summed E-state index contributed by atoms with van der Waals surface area (Å²) < 4.78 is 22.2. The van der Waals surface area contributed by atoms with Crippen molar-refractivity contribution in [3.63, 3.8) is 0 Å². The largest absolute Gasteiger partial charge is 1.00 e. The standard InChI is InChI=1S/2H3N.H4O7P2/c;;1-8(2,3)7-9(4,5)6/h2*1H3;(H2,1,2,3)(H2,4,5,6)/p+2. The van der Waals surface area contributed by atoms with Crippen LogP contribution < -0.4 is 12.3 Å². The van der Waals surface area contributed by atoms with Crippen LogP contribution in [0.15, 0.2) is 0 Å². The van der Waals surface area contributed by atoms with Crippen LogP contribution in [0.5, 0.6) is 0 Å². The molecule has 11 heavy (non-hydrogen) atoms. The van der Waals surface area contributed by atoms with Crippen LogP contribution in [0.4, 0.5) is 0 Å². The Kier molecular flexibility index (Phi) is 7.77. The Labute approximate surface area is 65.0 Å². The molecule has 10 N–H and O–H groups in total. The van der Waals surface area contributed by atoms with Crippen molar-refractivity contribution >= 4 is 15.6 Å². The van der Waals surface area contributed by atoms with Gasteiger partial charge in [0.2, 0.25) is 0 Å². The molecule has 0 saturated carbocycles. The highest BCUT2D eigenvalue weighted by Crippen LogP contribution is 2.53. The van der Waals surface area contributed by atoms with Crippen LogP contribution in [0.25, 0.3) is 0 Å². The number of hydrogen-bond donors (Lipinski definition) is 6. The van der Waals surface area contributed by atoms with Crippen LogP contribution in [-0.4, -0.2) is 19.6 Å². The van der Waals surface area contributed by atoms with E-state index in [4.69, 9.17) is 19.6 Å². The Bertz CT molecular complexity index is 163. The lowest BCUT2D eigenvalue weighted by molar-refractivity contribution is 0.225. The molecule has 0 aliphatic rings. The third-order valence-corrected chi connectivity index (χ3v) is 1.91. The fourth-order valence-corrected chi connectivity index (χ4v) is 1.25. The van der Waals surface area contributed by atoms with Gasteiger partial charge in [0.15, 0.2) is 0 Å². The summed E-state index contributed by atoms with van der Waals surface area (Å²) in [5.41, 5.74) is 0. The molecule has 0 aliphatic carbocycles. The second-order valence-corrected chi connectivity index (χ2v) is 3.68. The number of phosphoric acid groups is 2. The van der Waals surface area contributed by atoms with E-state index >= 15 is 0 Å². The van der Waals surface area contributed by atoms with Crippen molar-refractivity contribution in [1.82, 2.24) is 12.3 Å². The molecule has 0 amide bonds. The summed E-state index contributed by atoms with van der Waals surface area (Å²) in [5.74, 6) is 0. The normalized spacial score (nSPS) is 11.3. The molecular weight excluding hydrogens is 202 g/mol.